The first kappa shape index (κ1) is 7.22. The van der Waals surface area contributed by atoms with E-state index in [0.29, 0.717) is 0 Å². The summed E-state index contributed by atoms with van der Waals surface area (Å²) in [5.41, 5.74) is 2.26. The highest BCUT2D eigenvalue weighted by molar-refractivity contribution is 6.58. The van der Waals surface area contributed by atoms with Gasteiger partial charge in [0.15, 0.2) is 0 Å². The van der Waals surface area contributed by atoms with E-state index >= 15 is 0 Å². The first-order valence-electron chi connectivity index (χ1n) is 3.43. The van der Waals surface area contributed by atoms with Crippen LogP contribution in [0.1, 0.15) is 6.92 Å². The second kappa shape index (κ2) is 4.01. The summed E-state index contributed by atoms with van der Waals surface area (Å²) in [5, 5.41) is 1.40. The number of aromatic nitrogens is 1. The van der Waals surface area contributed by atoms with Crippen molar-refractivity contribution >= 4 is 14.7 Å². The molecule has 2 heteroatoms. The molecule has 1 rings (SSSR count). The zero-order valence-corrected chi connectivity index (χ0v) is 7.53. The topological polar surface area (TPSA) is 12.9 Å². The van der Waals surface area contributed by atoms with Crippen molar-refractivity contribution in [3.63, 3.8) is 0 Å². The van der Waals surface area contributed by atoms with Gasteiger partial charge in [-0.05, 0) is 18.2 Å². The smallest absolute Gasteiger partial charge is 0.0799 e. The van der Waals surface area contributed by atoms with Gasteiger partial charge in [-0.3, -0.25) is 4.98 Å². The Morgan fingerprint density at radius 1 is 1.60 bits per heavy atom. The van der Waals surface area contributed by atoms with Crippen LogP contribution in [-0.2, 0) is 0 Å². The van der Waals surface area contributed by atoms with Gasteiger partial charge in [-0.1, -0.05) is 12.1 Å². The predicted molar refractivity (Wildman–Crippen MR) is 47.2 cm³/mol. The van der Waals surface area contributed by atoms with Gasteiger partial charge >= 0.3 is 0 Å². The van der Waals surface area contributed by atoms with Crippen molar-refractivity contribution in [1.82, 2.24) is 4.98 Å². The lowest BCUT2D eigenvalue weighted by atomic mass is 10.5. The summed E-state index contributed by atoms with van der Waals surface area (Å²) in [5.74, 6) is 0. The molecule has 0 radical (unpaired) electrons. The van der Waals surface area contributed by atoms with E-state index in [9.17, 15) is 0 Å². The maximum Gasteiger partial charge on any atom is 0.0799 e. The summed E-state index contributed by atoms with van der Waals surface area (Å²) in [6.07, 6.45) is 5.87. The van der Waals surface area contributed by atoms with Gasteiger partial charge in [0.25, 0.3) is 0 Å². The molecule has 0 aromatic carbocycles. The molecular weight excluding hydrogens is 138 g/mol. The summed E-state index contributed by atoms with van der Waals surface area (Å²) in [6.45, 7) is 2.06. The monoisotopic (exact) mass is 149 g/mol. The van der Waals surface area contributed by atoms with Crippen LogP contribution in [0.25, 0.3) is 0 Å². The molecule has 0 spiro atoms. The second-order valence-corrected chi connectivity index (χ2v) is 3.83. The minimum atomic E-state index is -0.154. The number of pyridine rings is 1. The van der Waals surface area contributed by atoms with Crippen molar-refractivity contribution in [1.29, 1.82) is 0 Å². The van der Waals surface area contributed by atoms with E-state index in [1.807, 2.05) is 18.5 Å². The molecular formula is C8H11NSi. The van der Waals surface area contributed by atoms with Crippen molar-refractivity contribution in [3.05, 3.63) is 36.3 Å². The lowest BCUT2D eigenvalue weighted by Crippen LogP contribution is -2.11. The number of hydrogen-bond donors (Lipinski definition) is 0. The van der Waals surface area contributed by atoms with E-state index in [0.717, 1.165) is 0 Å². The van der Waals surface area contributed by atoms with Crippen LogP contribution in [0.2, 0.25) is 0 Å². The lowest BCUT2D eigenvalue weighted by Gasteiger charge is -1.90. The van der Waals surface area contributed by atoms with Crippen LogP contribution in [0.3, 0.4) is 0 Å². The first-order valence-corrected chi connectivity index (χ1v) is 4.96. The fraction of sp³-hybridized carbons (Fsp3) is 0.125. The van der Waals surface area contributed by atoms with Gasteiger partial charge in [-0.15, -0.1) is 5.70 Å². The third-order valence-electron chi connectivity index (χ3n) is 1.31. The lowest BCUT2D eigenvalue weighted by molar-refractivity contribution is 1.35. The number of rotatable bonds is 2. The maximum atomic E-state index is 4.04. The molecule has 0 N–H and O–H groups in total. The van der Waals surface area contributed by atoms with Crippen LogP contribution in [0.4, 0.5) is 0 Å². The molecule has 1 nitrogen and oxygen atoms in total. The quantitative estimate of drug-likeness (QED) is 0.555. The van der Waals surface area contributed by atoms with Crippen molar-refractivity contribution in [2.24, 2.45) is 0 Å². The Labute approximate surface area is 63.6 Å². The normalized spacial score (nSPS) is 11.7. The Hall–Kier alpha value is -0.893. The van der Waals surface area contributed by atoms with E-state index in [1.165, 1.54) is 5.19 Å². The Morgan fingerprint density at radius 2 is 2.50 bits per heavy atom. The Balaban J connectivity index is 2.59. The summed E-state index contributed by atoms with van der Waals surface area (Å²) >= 11 is 0. The minimum Gasteiger partial charge on any atom is -0.265 e. The Morgan fingerprint density at radius 3 is 3.10 bits per heavy atom. The largest absolute Gasteiger partial charge is 0.265 e. The molecule has 0 aliphatic heterocycles. The minimum absolute atomic E-state index is 0.154. The molecule has 0 fully saturated rings. The van der Waals surface area contributed by atoms with Gasteiger partial charge in [0.05, 0.1) is 9.52 Å². The Bertz CT molecular complexity index is 206. The zero-order valence-electron chi connectivity index (χ0n) is 6.12. The zero-order chi connectivity index (χ0) is 7.23. The third-order valence-corrected chi connectivity index (χ3v) is 2.91. The first-order chi connectivity index (χ1) is 4.93. The molecule has 1 aromatic rings. The Kier molecular flexibility index (Phi) is 2.89. The molecule has 0 aliphatic rings. The summed E-state index contributed by atoms with van der Waals surface area (Å²) < 4.78 is 0. The van der Waals surface area contributed by atoms with Gasteiger partial charge in [0, 0.05) is 12.4 Å². The molecule has 0 amide bonds. The van der Waals surface area contributed by atoms with Crippen LogP contribution >= 0.6 is 0 Å². The summed E-state index contributed by atoms with van der Waals surface area (Å²) in [7, 11) is -0.154. The van der Waals surface area contributed by atoms with Gasteiger partial charge < -0.3 is 0 Å². The van der Waals surface area contributed by atoms with E-state index in [-0.39, 0.29) is 9.52 Å². The number of nitrogens with zero attached hydrogens (tertiary/aromatic N) is 1. The van der Waals surface area contributed by atoms with Crippen molar-refractivity contribution in [2.75, 3.05) is 0 Å². The number of allylic oxidation sites excluding steroid dienone is 1. The molecule has 0 aliphatic carbocycles. The van der Waals surface area contributed by atoms with Crippen LogP contribution in [0.5, 0.6) is 0 Å². The van der Waals surface area contributed by atoms with E-state index < -0.39 is 0 Å². The average Bonchev–Trinajstić information content (AvgIpc) is 2.03. The molecule has 0 saturated heterocycles. The highest BCUT2D eigenvalue weighted by atomic mass is 28.2. The molecule has 1 heterocycles. The molecule has 10 heavy (non-hydrogen) atoms. The van der Waals surface area contributed by atoms with E-state index in [4.69, 9.17) is 0 Å². The van der Waals surface area contributed by atoms with Crippen LogP contribution in [0.15, 0.2) is 36.3 Å². The van der Waals surface area contributed by atoms with Crippen molar-refractivity contribution in [3.8, 4) is 0 Å². The summed E-state index contributed by atoms with van der Waals surface area (Å²) in [6, 6.07) is 4.13. The SMILES string of the molecule is CC=C[SiH2]c1cccnc1. The number of hydrogen-bond acceptors (Lipinski definition) is 1. The maximum absolute atomic E-state index is 4.04. The van der Waals surface area contributed by atoms with Gasteiger partial charge in [0.2, 0.25) is 0 Å². The van der Waals surface area contributed by atoms with Crippen molar-refractivity contribution < 1.29 is 0 Å². The highest BCUT2D eigenvalue weighted by Gasteiger charge is 1.85. The van der Waals surface area contributed by atoms with Gasteiger partial charge in [-0.25, -0.2) is 0 Å². The van der Waals surface area contributed by atoms with Crippen molar-refractivity contribution in [2.45, 2.75) is 6.92 Å². The van der Waals surface area contributed by atoms with E-state index in [1.54, 1.807) is 0 Å². The van der Waals surface area contributed by atoms with E-state index in [2.05, 4.69) is 29.7 Å². The van der Waals surface area contributed by atoms with Gasteiger partial charge in [0.1, 0.15) is 0 Å². The standard InChI is InChI=1S/C8H11NSi/c1-2-6-10-8-4-3-5-9-7-8/h2-7H,10H2,1H3. The average molecular weight is 149 g/mol. The fourth-order valence-corrected chi connectivity index (χ4v) is 1.76. The molecule has 0 bridgehead atoms. The molecule has 1 aromatic heterocycles. The fourth-order valence-electron chi connectivity index (χ4n) is 0.773. The van der Waals surface area contributed by atoms with Crippen LogP contribution in [0, 0.1) is 0 Å². The molecule has 52 valence electrons. The van der Waals surface area contributed by atoms with Crippen LogP contribution in [-0.4, -0.2) is 14.5 Å². The second-order valence-electron chi connectivity index (χ2n) is 2.13. The third kappa shape index (κ3) is 2.15. The molecule has 0 atom stereocenters. The van der Waals surface area contributed by atoms with Crippen LogP contribution < -0.4 is 5.19 Å². The molecule has 0 unspecified atom stereocenters. The van der Waals surface area contributed by atoms with Gasteiger partial charge in [-0.2, -0.15) is 0 Å². The highest BCUT2D eigenvalue weighted by Crippen LogP contribution is 1.76. The molecule has 0 saturated carbocycles. The summed E-state index contributed by atoms with van der Waals surface area (Å²) in [4.78, 5) is 4.04. The predicted octanol–water partition coefficient (Wildman–Crippen LogP) is 0.409.